The average Bonchev–Trinajstić information content (AvgIpc) is 3.63. The maximum atomic E-state index is 12.5. The van der Waals surface area contributed by atoms with Crippen molar-refractivity contribution in [1.29, 1.82) is 10.5 Å². The van der Waals surface area contributed by atoms with E-state index in [0.717, 1.165) is 22.7 Å². The molecule has 1 amide bonds. The highest BCUT2D eigenvalue weighted by molar-refractivity contribution is 7.98. The number of anilines is 1. The van der Waals surface area contributed by atoms with Crippen LogP contribution in [0.3, 0.4) is 0 Å². The highest BCUT2D eigenvalue weighted by Gasteiger charge is 2.26. The molecule has 4 aromatic rings. The number of aromatic nitrogens is 2. The second-order valence-corrected chi connectivity index (χ2v) is 15.7. The number of hydrogen-bond donors (Lipinski definition) is 2. The van der Waals surface area contributed by atoms with Gasteiger partial charge < -0.3 is 24.8 Å². The van der Waals surface area contributed by atoms with Crippen LogP contribution in [0.1, 0.15) is 71.2 Å². The molecule has 288 valence electrons. The maximum Gasteiger partial charge on any atom is 0.328 e. The molecular weight excluding hydrogens is 760 g/mol. The first kappa shape index (κ1) is 42.6. The fourth-order valence-electron chi connectivity index (χ4n) is 5.07. The van der Waals surface area contributed by atoms with E-state index in [-0.39, 0.29) is 30.8 Å². The minimum Gasteiger partial charge on any atom is -0.490 e. The van der Waals surface area contributed by atoms with Gasteiger partial charge in [-0.15, -0.1) is 11.3 Å². The predicted molar refractivity (Wildman–Crippen MR) is 214 cm³/mol. The molecule has 0 aliphatic carbocycles. The standard InChI is InChI=1S/C40H43ClN6O6S2/c1-7-16-44-35-31(20-42)34(32(21-43)38(47-35)55-23-29-22-54-37(46-29)27-8-12-28(41)13-9-27)26-10-14-30(15-11-26)51-17-18-52-39(50)25(3)45-36(49)24(2)19-33(48)53-40(4,5)6/h8-15,22,24-25H,7,16-19,23H2,1-6H3,(H,44,47)(H,45,49)/t24-,25+/m1/s1. The van der Waals surface area contributed by atoms with Gasteiger partial charge >= 0.3 is 11.9 Å². The molecular formula is C40H43ClN6O6S2. The van der Waals surface area contributed by atoms with E-state index < -0.39 is 35.4 Å². The van der Waals surface area contributed by atoms with Crippen LogP contribution < -0.4 is 15.4 Å². The summed E-state index contributed by atoms with van der Waals surface area (Å²) >= 11 is 8.93. The first-order chi connectivity index (χ1) is 26.2. The number of nitrogens with one attached hydrogen (secondary N) is 2. The van der Waals surface area contributed by atoms with E-state index in [9.17, 15) is 24.9 Å². The number of halogens is 1. The zero-order valence-corrected chi connectivity index (χ0v) is 33.9. The first-order valence-electron chi connectivity index (χ1n) is 17.6. The van der Waals surface area contributed by atoms with Crippen LogP contribution in [-0.4, -0.2) is 59.2 Å². The van der Waals surface area contributed by atoms with E-state index in [1.807, 2.05) is 36.6 Å². The van der Waals surface area contributed by atoms with E-state index in [0.29, 0.717) is 45.0 Å². The third kappa shape index (κ3) is 12.4. The molecule has 4 rings (SSSR count). The van der Waals surface area contributed by atoms with Crippen molar-refractivity contribution in [2.45, 2.75) is 76.8 Å². The Labute approximate surface area is 334 Å². The number of thiazole rings is 1. The quantitative estimate of drug-likeness (QED) is 0.0596. The Kier molecular flexibility index (Phi) is 15.5. The second kappa shape index (κ2) is 20.0. The number of pyridine rings is 1. The summed E-state index contributed by atoms with van der Waals surface area (Å²) in [5.74, 6) is -0.992. The van der Waals surface area contributed by atoms with Gasteiger partial charge in [-0.2, -0.15) is 10.5 Å². The largest absolute Gasteiger partial charge is 0.490 e. The molecule has 0 spiro atoms. The molecule has 2 heterocycles. The number of amides is 1. The lowest BCUT2D eigenvalue weighted by Gasteiger charge is -2.21. The number of esters is 2. The number of rotatable bonds is 17. The van der Waals surface area contributed by atoms with Crippen molar-refractivity contribution in [1.82, 2.24) is 15.3 Å². The molecule has 0 bridgehead atoms. The van der Waals surface area contributed by atoms with Gasteiger partial charge in [0, 0.05) is 39.7 Å². The van der Waals surface area contributed by atoms with Gasteiger partial charge in [0.15, 0.2) is 0 Å². The molecule has 0 radical (unpaired) electrons. The first-order valence-corrected chi connectivity index (χ1v) is 19.8. The summed E-state index contributed by atoms with van der Waals surface area (Å²) in [4.78, 5) is 46.6. The zero-order chi connectivity index (χ0) is 40.1. The summed E-state index contributed by atoms with van der Waals surface area (Å²) in [5, 5.41) is 30.4. The number of carbonyl (C=O) groups excluding carboxylic acids is 3. The Morgan fingerprint density at radius 3 is 2.27 bits per heavy atom. The van der Waals surface area contributed by atoms with Gasteiger partial charge in [-0.25, -0.2) is 14.8 Å². The number of hydrogen-bond acceptors (Lipinski definition) is 13. The highest BCUT2D eigenvalue weighted by atomic mass is 35.5. The molecule has 2 aromatic carbocycles. The molecule has 2 N–H and O–H groups in total. The van der Waals surface area contributed by atoms with Gasteiger partial charge in [-0.3, -0.25) is 9.59 Å². The minimum absolute atomic E-state index is 0.0329. The van der Waals surface area contributed by atoms with Crippen LogP contribution in [-0.2, 0) is 29.6 Å². The van der Waals surface area contributed by atoms with Crippen molar-refractivity contribution in [3.8, 4) is 39.6 Å². The Morgan fingerprint density at radius 1 is 0.964 bits per heavy atom. The van der Waals surface area contributed by atoms with E-state index in [1.165, 1.54) is 30.0 Å². The maximum absolute atomic E-state index is 12.5. The molecule has 2 atom stereocenters. The molecule has 55 heavy (non-hydrogen) atoms. The Morgan fingerprint density at radius 2 is 1.64 bits per heavy atom. The SMILES string of the molecule is CCCNc1nc(SCc2csc(-c3ccc(Cl)cc3)n2)c(C#N)c(-c2ccc(OCCOC(=O)[C@H](C)NC(=O)[C@H](C)CC(=O)OC(C)(C)C)cc2)c1C#N. The minimum atomic E-state index is -0.940. The molecule has 0 aliphatic heterocycles. The smallest absolute Gasteiger partial charge is 0.328 e. The van der Waals surface area contributed by atoms with Crippen LogP contribution in [0.25, 0.3) is 21.7 Å². The summed E-state index contributed by atoms with van der Waals surface area (Å²) < 4.78 is 16.3. The molecule has 0 fully saturated rings. The molecule has 0 aliphatic rings. The van der Waals surface area contributed by atoms with Crippen LogP contribution in [0, 0.1) is 28.6 Å². The van der Waals surface area contributed by atoms with Gasteiger partial charge in [0.05, 0.1) is 17.7 Å². The van der Waals surface area contributed by atoms with Crippen LogP contribution in [0.2, 0.25) is 5.02 Å². The fraction of sp³-hybridized carbons (Fsp3) is 0.375. The van der Waals surface area contributed by atoms with Crippen molar-refractivity contribution >= 4 is 58.4 Å². The van der Waals surface area contributed by atoms with Crippen LogP contribution in [0.15, 0.2) is 58.9 Å². The number of benzene rings is 2. The van der Waals surface area contributed by atoms with Crippen molar-refractivity contribution in [3.05, 3.63) is 75.8 Å². The molecule has 0 unspecified atom stereocenters. The zero-order valence-electron chi connectivity index (χ0n) is 31.5. The van der Waals surface area contributed by atoms with Crippen molar-refractivity contribution < 1.29 is 28.6 Å². The molecule has 12 nitrogen and oxygen atoms in total. The van der Waals surface area contributed by atoms with Crippen molar-refractivity contribution in [3.63, 3.8) is 0 Å². The summed E-state index contributed by atoms with van der Waals surface area (Å²) in [7, 11) is 0. The normalized spacial score (nSPS) is 12.1. The van der Waals surface area contributed by atoms with Crippen molar-refractivity contribution in [2.75, 3.05) is 25.1 Å². The molecule has 2 aromatic heterocycles. The predicted octanol–water partition coefficient (Wildman–Crippen LogP) is 8.18. The third-order valence-electron chi connectivity index (χ3n) is 7.72. The van der Waals surface area contributed by atoms with Crippen LogP contribution >= 0.6 is 34.7 Å². The van der Waals surface area contributed by atoms with E-state index in [4.69, 9.17) is 35.8 Å². The fourth-order valence-corrected chi connectivity index (χ4v) is 7.00. The number of nitriles is 2. The Hall–Kier alpha value is -5.15. The Balaban J connectivity index is 1.40. The number of carbonyl (C=O) groups is 3. The summed E-state index contributed by atoms with van der Waals surface area (Å²) in [6.07, 6.45) is 0.687. The van der Waals surface area contributed by atoms with Gasteiger partial charge in [-0.05, 0) is 63.9 Å². The molecule has 0 saturated heterocycles. The van der Waals surface area contributed by atoms with Crippen LogP contribution in [0.4, 0.5) is 5.82 Å². The lowest BCUT2D eigenvalue weighted by Crippen LogP contribution is -2.43. The van der Waals surface area contributed by atoms with Gasteiger partial charge in [-0.1, -0.05) is 61.5 Å². The van der Waals surface area contributed by atoms with Gasteiger partial charge in [0.25, 0.3) is 0 Å². The monoisotopic (exact) mass is 802 g/mol. The van der Waals surface area contributed by atoms with Gasteiger partial charge in [0.2, 0.25) is 5.91 Å². The van der Waals surface area contributed by atoms with Gasteiger partial charge in [0.1, 0.15) is 64.2 Å². The van der Waals surface area contributed by atoms with E-state index in [2.05, 4.69) is 22.8 Å². The van der Waals surface area contributed by atoms with E-state index >= 15 is 0 Å². The molecule has 15 heteroatoms. The topological polar surface area (TPSA) is 176 Å². The summed E-state index contributed by atoms with van der Waals surface area (Å²) in [6, 6.07) is 18.0. The molecule has 0 saturated carbocycles. The number of thioether (sulfide) groups is 1. The lowest BCUT2D eigenvalue weighted by molar-refractivity contribution is -0.157. The number of ether oxygens (including phenoxy) is 3. The third-order valence-corrected chi connectivity index (χ3v) is 9.92. The lowest BCUT2D eigenvalue weighted by atomic mass is 9.96. The van der Waals surface area contributed by atoms with Crippen LogP contribution in [0.5, 0.6) is 5.75 Å². The number of nitrogens with zero attached hydrogens (tertiary/aromatic N) is 4. The van der Waals surface area contributed by atoms with E-state index in [1.54, 1.807) is 52.0 Å². The highest BCUT2D eigenvalue weighted by Crippen LogP contribution is 2.38. The summed E-state index contributed by atoms with van der Waals surface area (Å²) in [6.45, 7) is 10.9. The second-order valence-electron chi connectivity index (χ2n) is 13.4. The average molecular weight is 803 g/mol. The van der Waals surface area contributed by atoms with Crippen molar-refractivity contribution in [2.24, 2.45) is 5.92 Å². The summed E-state index contributed by atoms with van der Waals surface area (Å²) in [5.41, 5.74) is 2.74. The Bertz CT molecular complexity index is 2050.